The fourth-order valence-electron chi connectivity index (χ4n) is 3.36. The van der Waals surface area contributed by atoms with Crippen molar-refractivity contribution >= 4 is 27.0 Å². The lowest BCUT2D eigenvalue weighted by molar-refractivity contribution is 0.0827. The highest BCUT2D eigenvalue weighted by Gasteiger charge is 2.23. The molecule has 7 nitrogen and oxygen atoms in total. The Bertz CT molecular complexity index is 1170. The predicted octanol–water partition coefficient (Wildman–Crippen LogP) is 3.05. The van der Waals surface area contributed by atoms with Gasteiger partial charge in [-0.3, -0.25) is 4.79 Å². The van der Waals surface area contributed by atoms with E-state index in [0.717, 1.165) is 23.9 Å². The molecule has 0 fully saturated rings. The summed E-state index contributed by atoms with van der Waals surface area (Å²) in [7, 11) is 3.16. The molecule has 1 amide bonds. The third-order valence-electron chi connectivity index (χ3n) is 5.16. The SMILES string of the molecule is CCCc1ccc(S(=O)(=O)N(C)Cc2nc3cc(C(=O)N(C)C)ccc3n2C)cc1. The summed E-state index contributed by atoms with van der Waals surface area (Å²) < 4.78 is 29.1. The Morgan fingerprint density at radius 1 is 1.07 bits per heavy atom. The Hall–Kier alpha value is -2.71. The second-order valence-electron chi connectivity index (χ2n) is 7.65. The summed E-state index contributed by atoms with van der Waals surface area (Å²) >= 11 is 0. The summed E-state index contributed by atoms with van der Waals surface area (Å²) in [6.07, 6.45) is 1.94. The Kier molecular flexibility index (Phi) is 6.28. The van der Waals surface area contributed by atoms with Crippen molar-refractivity contribution < 1.29 is 13.2 Å². The maximum absolute atomic E-state index is 13.0. The molecule has 1 aromatic heterocycles. The normalized spacial score (nSPS) is 11.9. The summed E-state index contributed by atoms with van der Waals surface area (Å²) in [5, 5.41) is 0. The zero-order valence-corrected chi connectivity index (χ0v) is 18.9. The first-order valence-corrected chi connectivity index (χ1v) is 11.3. The Balaban J connectivity index is 1.87. The molecule has 30 heavy (non-hydrogen) atoms. The van der Waals surface area contributed by atoms with E-state index in [1.165, 1.54) is 9.21 Å². The van der Waals surface area contributed by atoms with Crippen molar-refractivity contribution in [3.8, 4) is 0 Å². The molecule has 0 aliphatic heterocycles. The van der Waals surface area contributed by atoms with E-state index in [1.54, 1.807) is 45.4 Å². The average Bonchev–Trinajstić information content (AvgIpc) is 3.02. The molecule has 0 radical (unpaired) electrons. The van der Waals surface area contributed by atoms with Crippen LogP contribution in [0.25, 0.3) is 11.0 Å². The highest BCUT2D eigenvalue weighted by atomic mass is 32.2. The van der Waals surface area contributed by atoms with E-state index in [4.69, 9.17) is 0 Å². The number of carbonyl (C=O) groups is 1. The number of fused-ring (bicyclic) bond motifs is 1. The van der Waals surface area contributed by atoms with Crippen LogP contribution >= 0.6 is 0 Å². The molecule has 3 aromatic rings. The summed E-state index contributed by atoms with van der Waals surface area (Å²) in [6, 6.07) is 12.4. The second kappa shape index (κ2) is 8.57. The molecule has 0 N–H and O–H groups in total. The van der Waals surface area contributed by atoms with Crippen LogP contribution in [0.4, 0.5) is 0 Å². The van der Waals surface area contributed by atoms with Gasteiger partial charge in [0.05, 0.1) is 22.5 Å². The van der Waals surface area contributed by atoms with Gasteiger partial charge in [0.25, 0.3) is 5.91 Å². The first-order valence-electron chi connectivity index (χ1n) is 9.87. The fourth-order valence-corrected chi connectivity index (χ4v) is 4.49. The number of rotatable bonds is 7. The highest BCUT2D eigenvalue weighted by Crippen LogP contribution is 2.21. The van der Waals surface area contributed by atoms with Gasteiger partial charge in [-0.05, 0) is 42.3 Å². The van der Waals surface area contributed by atoms with E-state index in [-0.39, 0.29) is 17.3 Å². The maximum Gasteiger partial charge on any atom is 0.253 e. The number of carbonyl (C=O) groups excluding carboxylic acids is 1. The van der Waals surface area contributed by atoms with Gasteiger partial charge in [-0.2, -0.15) is 4.31 Å². The molecule has 8 heteroatoms. The lowest BCUT2D eigenvalue weighted by atomic mass is 10.1. The smallest absolute Gasteiger partial charge is 0.253 e. The van der Waals surface area contributed by atoms with Crippen LogP contribution in [-0.4, -0.2) is 54.2 Å². The van der Waals surface area contributed by atoms with Crippen molar-refractivity contribution in [1.82, 2.24) is 18.8 Å². The van der Waals surface area contributed by atoms with Crippen molar-refractivity contribution in [3.05, 3.63) is 59.4 Å². The van der Waals surface area contributed by atoms with Gasteiger partial charge in [0, 0.05) is 33.8 Å². The van der Waals surface area contributed by atoms with Crippen LogP contribution < -0.4 is 0 Å². The van der Waals surface area contributed by atoms with E-state index >= 15 is 0 Å². The minimum atomic E-state index is -3.64. The number of hydrogen-bond acceptors (Lipinski definition) is 4. The Morgan fingerprint density at radius 3 is 2.33 bits per heavy atom. The number of imidazole rings is 1. The van der Waals surface area contributed by atoms with Crippen LogP contribution in [-0.2, 0) is 30.0 Å². The van der Waals surface area contributed by atoms with Gasteiger partial charge in [0.15, 0.2) is 0 Å². The Labute approximate surface area is 178 Å². The van der Waals surface area contributed by atoms with Crippen LogP contribution in [0.3, 0.4) is 0 Å². The molecule has 0 aliphatic carbocycles. The zero-order valence-electron chi connectivity index (χ0n) is 18.1. The molecule has 0 spiro atoms. The number of sulfonamides is 1. The number of nitrogens with zero attached hydrogens (tertiary/aromatic N) is 4. The van der Waals surface area contributed by atoms with Gasteiger partial charge in [0.1, 0.15) is 5.82 Å². The van der Waals surface area contributed by atoms with Crippen LogP contribution in [0.5, 0.6) is 0 Å². The van der Waals surface area contributed by atoms with Crippen molar-refractivity contribution in [1.29, 1.82) is 0 Å². The lowest BCUT2D eigenvalue weighted by Gasteiger charge is -2.17. The number of amides is 1. The van der Waals surface area contributed by atoms with Crippen LogP contribution in [0.1, 0.15) is 35.1 Å². The largest absolute Gasteiger partial charge is 0.345 e. The second-order valence-corrected chi connectivity index (χ2v) is 9.69. The first kappa shape index (κ1) is 22.0. The van der Waals surface area contributed by atoms with Crippen molar-refractivity contribution in [2.24, 2.45) is 7.05 Å². The molecule has 3 rings (SSSR count). The van der Waals surface area contributed by atoms with Crippen molar-refractivity contribution in [2.45, 2.75) is 31.2 Å². The monoisotopic (exact) mass is 428 g/mol. The fraction of sp³-hybridized carbons (Fsp3) is 0.364. The third kappa shape index (κ3) is 4.24. The van der Waals surface area contributed by atoms with E-state index in [0.29, 0.717) is 16.9 Å². The number of benzene rings is 2. The molecule has 0 saturated carbocycles. The van der Waals surface area contributed by atoms with E-state index in [1.807, 2.05) is 29.8 Å². The van der Waals surface area contributed by atoms with E-state index < -0.39 is 10.0 Å². The number of aryl methyl sites for hydroxylation is 2. The average molecular weight is 429 g/mol. The van der Waals surface area contributed by atoms with Crippen molar-refractivity contribution in [2.75, 3.05) is 21.1 Å². The lowest BCUT2D eigenvalue weighted by Crippen LogP contribution is -2.27. The third-order valence-corrected chi connectivity index (χ3v) is 6.98. The zero-order chi connectivity index (χ0) is 22.1. The summed E-state index contributed by atoms with van der Waals surface area (Å²) in [4.78, 5) is 18.6. The van der Waals surface area contributed by atoms with Gasteiger partial charge in [-0.25, -0.2) is 13.4 Å². The van der Waals surface area contributed by atoms with E-state index in [9.17, 15) is 13.2 Å². The molecular formula is C22H28N4O3S. The van der Waals surface area contributed by atoms with Gasteiger partial charge < -0.3 is 9.47 Å². The molecule has 0 atom stereocenters. The number of hydrogen-bond donors (Lipinski definition) is 0. The number of aromatic nitrogens is 2. The minimum absolute atomic E-state index is 0.102. The van der Waals surface area contributed by atoms with Gasteiger partial charge in [-0.15, -0.1) is 0 Å². The first-order chi connectivity index (χ1) is 14.1. The summed E-state index contributed by atoms with van der Waals surface area (Å²) in [5.74, 6) is 0.503. The molecule has 2 aromatic carbocycles. The van der Waals surface area contributed by atoms with Crippen LogP contribution in [0.2, 0.25) is 0 Å². The summed E-state index contributed by atoms with van der Waals surface area (Å²) in [5.41, 5.74) is 3.17. The molecule has 0 bridgehead atoms. The molecule has 1 heterocycles. The quantitative estimate of drug-likeness (QED) is 0.580. The van der Waals surface area contributed by atoms with Crippen molar-refractivity contribution in [3.63, 3.8) is 0 Å². The van der Waals surface area contributed by atoms with E-state index in [2.05, 4.69) is 11.9 Å². The van der Waals surface area contributed by atoms with Gasteiger partial charge in [-0.1, -0.05) is 25.5 Å². The standard InChI is InChI=1S/C22H28N4O3S/c1-6-7-16-8-11-18(12-9-16)30(28,29)25(4)15-21-23-19-14-17(22(27)24(2)3)10-13-20(19)26(21)5/h8-14H,6-7,15H2,1-5H3. The topological polar surface area (TPSA) is 75.5 Å². The Morgan fingerprint density at radius 2 is 1.73 bits per heavy atom. The molecule has 0 unspecified atom stereocenters. The van der Waals surface area contributed by atoms with Gasteiger partial charge in [0.2, 0.25) is 10.0 Å². The molecule has 0 saturated heterocycles. The molecule has 0 aliphatic rings. The molecule has 160 valence electrons. The molecular weight excluding hydrogens is 400 g/mol. The van der Waals surface area contributed by atoms with Crippen LogP contribution in [0.15, 0.2) is 47.4 Å². The highest BCUT2D eigenvalue weighted by molar-refractivity contribution is 7.89. The van der Waals surface area contributed by atoms with Crippen LogP contribution in [0, 0.1) is 0 Å². The maximum atomic E-state index is 13.0. The minimum Gasteiger partial charge on any atom is -0.345 e. The predicted molar refractivity (Wildman–Crippen MR) is 118 cm³/mol. The van der Waals surface area contributed by atoms with Gasteiger partial charge >= 0.3 is 0 Å². The summed E-state index contributed by atoms with van der Waals surface area (Å²) in [6.45, 7) is 2.22.